The van der Waals surface area contributed by atoms with E-state index >= 15 is 0 Å². The van der Waals surface area contributed by atoms with Gasteiger partial charge in [0.2, 0.25) is 0 Å². The Hall–Kier alpha value is -3.04. The van der Waals surface area contributed by atoms with E-state index in [0.29, 0.717) is 11.3 Å². The highest BCUT2D eigenvalue weighted by Crippen LogP contribution is 2.26. The second-order valence-corrected chi connectivity index (χ2v) is 8.28. The van der Waals surface area contributed by atoms with Crippen LogP contribution in [-0.2, 0) is 5.75 Å². The fourth-order valence-electron chi connectivity index (χ4n) is 2.60. The fraction of sp³-hybridized carbons (Fsp3) is 0.100. The van der Waals surface area contributed by atoms with E-state index in [1.54, 1.807) is 47.4 Å². The average molecular weight is 426 g/mol. The van der Waals surface area contributed by atoms with Crippen LogP contribution >= 0.6 is 23.1 Å². The summed E-state index contributed by atoms with van der Waals surface area (Å²) in [5.41, 5.74) is 3.26. The minimum Gasteiger partial charge on any atom is -0.322 e. The van der Waals surface area contributed by atoms with Crippen LogP contribution < -0.4 is 5.32 Å². The molecular weight excluding hydrogens is 409 g/mol. The maximum atomic E-state index is 14.3. The molecule has 0 fully saturated rings. The van der Waals surface area contributed by atoms with Crippen molar-refractivity contribution in [3.05, 3.63) is 83.1 Å². The van der Waals surface area contributed by atoms with Crippen molar-refractivity contribution in [1.82, 2.24) is 19.7 Å². The Balaban J connectivity index is 1.38. The zero-order valence-corrected chi connectivity index (χ0v) is 17.0. The number of nitrogens with one attached hydrogen (secondary N) is 1. The summed E-state index contributed by atoms with van der Waals surface area (Å²) in [6.45, 7) is 1.97. The molecular formula is C20H16FN5OS2. The van der Waals surface area contributed by atoms with Gasteiger partial charge in [0.1, 0.15) is 22.7 Å². The van der Waals surface area contributed by atoms with Crippen molar-refractivity contribution in [3.63, 3.8) is 0 Å². The summed E-state index contributed by atoms with van der Waals surface area (Å²) in [6, 6.07) is 11.8. The monoisotopic (exact) mass is 425 g/mol. The van der Waals surface area contributed by atoms with Crippen LogP contribution in [0.25, 0.3) is 5.69 Å². The van der Waals surface area contributed by atoms with Gasteiger partial charge in [-0.2, -0.15) is 5.10 Å². The van der Waals surface area contributed by atoms with Crippen molar-refractivity contribution in [2.45, 2.75) is 17.0 Å². The summed E-state index contributed by atoms with van der Waals surface area (Å²) >= 11 is 3.29. The van der Waals surface area contributed by atoms with Crippen molar-refractivity contribution in [2.75, 3.05) is 5.32 Å². The Bertz CT molecular complexity index is 1130. The number of rotatable bonds is 6. The van der Waals surface area contributed by atoms with Crippen molar-refractivity contribution < 1.29 is 9.18 Å². The lowest BCUT2D eigenvalue weighted by Gasteiger charge is -2.08. The SMILES string of the molecule is Cc1csc(SCc2ccc(C(=O)Nc3ccc(-n4cncn4)c(F)c3)cc2)n1. The van der Waals surface area contributed by atoms with Crippen LogP contribution in [0.1, 0.15) is 21.6 Å². The zero-order chi connectivity index (χ0) is 20.2. The molecule has 29 heavy (non-hydrogen) atoms. The third kappa shape index (κ3) is 4.69. The molecule has 0 atom stereocenters. The minimum absolute atomic E-state index is 0.262. The molecule has 0 saturated carbocycles. The number of amides is 1. The summed E-state index contributed by atoms with van der Waals surface area (Å²) < 4.78 is 16.7. The van der Waals surface area contributed by atoms with Gasteiger partial charge in [-0.05, 0) is 42.8 Å². The van der Waals surface area contributed by atoms with Gasteiger partial charge in [0.05, 0.1) is 0 Å². The first-order valence-corrected chi connectivity index (χ1v) is 10.5. The van der Waals surface area contributed by atoms with Crippen molar-refractivity contribution in [3.8, 4) is 5.69 Å². The van der Waals surface area contributed by atoms with Gasteiger partial charge in [-0.25, -0.2) is 19.0 Å². The van der Waals surface area contributed by atoms with Crippen LogP contribution in [0.3, 0.4) is 0 Å². The van der Waals surface area contributed by atoms with Gasteiger partial charge in [0.25, 0.3) is 5.91 Å². The Kier molecular flexibility index (Phi) is 5.68. The summed E-state index contributed by atoms with van der Waals surface area (Å²) in [5.74, 6) is -0.0187. The van der Waals surface area contributed by atoms with E-state index in [9.17, 15) is 9.18 Å². The smallest absolute Gasteiger partial charge is 0.255 e. The number of carbonyl (C=O) groups is 1. The molecule has 9 heteroatoms. The highest BCUT2D eigenvalue weighted by atomic mass is 32.2. The number of thioether (sulfide) groups is 1. The highest BCUT2D eigenvalue weighted by Gasteiger charge is 2.10. The Morgan fingerprint density at radius 2 is 2.07 bits per heavy atom. The van der Waals surface area contributed by atoms with Crippen molar-refractivity contribution in [1.29, 1.82) is 0 Å². The lowest BCUT2D eigenvalue weighted by Crippen LogP contribution is -2.12. The Labute approximate surface area is 174 Å². The number of carbonyl (C=O) groups excluding carboxylic acids is 1. The van der Waals surface area contributed by atoms with E-state index < -0.39 is 5.82 Å². The normalized spacial score (nSPS) is 10.8. The van der Waals surface area contributed by atoms with Crippen LogP contribution in [0.15, 0.2) is 64.8 Å². The van der Waals surface area contributed by atoms with Crippen LogP contribution in [0.4, 0.5) is 10.1 Å². The number of halogens is 1. The molecule has 2 aromatic heterocycles. The number of hydrogen-bond acceptors (Lipinski definition) is 6. The fourth-order valence-corrected chi connectivity index (χ4v) is 4.41. The summed E-state index contributed by atoms with van der Waals surface area (Å²) in [6.07, 6.45) is 2.74. The number of hydrogen-bond donors (Lipinski definition) is 1. The molecule has 146 valence electrons. The minimum atomic E-state index is -0.502. The van der Waals surface area contributed by atoms with Crippen LogP contribution in [0, 0.1) is 12.7 Å². The summed E-state index contributed by atoms with van der Waals surface area (Å²) in [5, 5.41) is 8.64. The molecule has 2 aromatic carbocycles. The standard InChI is InChI=1S/C20H16FN5OS2/c1-13-9-28-20(24-13)29-10-14-2-4-15(5-3-14)19(27)25-16-6-7-18(17(21)8-16)26-12-22-11-23-26/h2-9,11-12H,10H2,1H3,(H,25,27). The zero-order valence-electron chi connectivity index (χ0n) is 15.4. The van der Waals surface area contributed by atoms with E-state index in [-0.39, 0.29) is 11.6 Å². The molecule has 0 aliphatic carbocycles. The maximum absolute atomic E-state index is 14.3. The Morgan fingerprint density at radius 1 is 1.24 bits per heavy atom. The summed E-state index contributed by atoms with van der Waals surface area (Å²) in [4.78, 5) is 20.7. The second-order valence-electron chi connectivity index (χ2n) is 6.20. The first-order valence-electron chi connectivity index (χ1n) is 8.68. The average Bonchev–Trinajstić information content (AvgIpc) is 3.39. The van der Waals surface area contributed by atoms with Gasteiger partial charge < -0.3 is 5.32 Å². The number of aryl methyl sites for hydroxylation is 1. The first kappa shape index (κ1) is 19.3. The van der Waals surface area contributed by atoms with Gasteiger partial charge in [-0.15, -0.1) is 11.3 Å². The second kappa shape index (κ2) is 8.54. The van der Waals surface area contributed by atoms with E-state index in [0.717, 1.165) is 21.3 Å². The predicted octanol–water partition coefficient (Wildman–Crippen LogP) is 4.72. The first-order chi connectivity index (χ1) is 14.1. The van der Waals surface area contributed by atoms with Crippen LogP contribution in [0.2, 0.25) is 0 Å². The molecule has 0 radical (unpaired) electrons. The molecule has 2 heterocycles. The molecule has 1 N–H and O–H groups in total. The molecule has 6 nitrogen and oxygen atoms in total. The van der Waals surface area contributed by atoms with Gasteiger partial charge >= 0.3 is 0 Å². The third-order valence-electron chi connectivity index (χ3n) is 4.05. The van der Waals surface area contributed by atoms with Crippen LogP contribution in [0.5, 0.6) is 0 Å². The van der Waals surface area contributed by atoms with E-state index in [1.807, 2.05) is 24.4 Å². The van der Waals surface area contributed by atoms with Crippen LogP contribution in [-0.4, -0.2) is 25.7 Å². The van der Waals surface area contributed by atoms with Gasteiger partial charge in [-0.1, -0.05) is 23.9 Å². The van der Waals surface area contributed by atoms with E-state index in [1.165, 1.54) is 23.4 Å². The van der Waals surface area contributed by atoms with Gasteiger partial charge in [0.15, 0.2) is 5.82 Å². The molecule has 1 amide bonds. The maximum Gasteiger partial charge on any atom is 0.255 e. The summed E-state index contributed by atoms with van der Waals surface area (Å²) in [7, 11) is 0. The number of nitrogens with zero attached hydrogens (tertiary/aromatic N) is 4. The largest absolute Gasteiger partial charge is 0.322 e. The molecule has 0 saturated heterocycles. The molecule has 0 aliphatic heterocycles. The lowest BCUT2D eigenvalue weighted by molar-refractivity contribution is 0.102. The highest BCUT2D eigenvalue weighted by molar-refractivity contribution is 8.00. The van der Waals surface area contributed by atoms with E-state index in [4.69, 9.17) is 0 Å². The van der Waals surface area contributed by atoms with Crippen molar-refractivity contribution in [2.24, 2.45) is 0 Å². The quantitative estimate of drug-likeness (QED) is 0.453. The van der Waals surface area contributed by atoms with Gasteiger partial charge in [-0.3, -0.25) is 4.79 Å². The Morgan fingerprint density at radius 3 is 2.72 bits per heavy atom. The molecule has 4 aromatic rings. The molecule has 0 unspecified atom stereocenters. The third-order valence-corrected chi connectivity index (χ3v) is 6.26. The number of benzene rings is 2. The number of thiazole rings is 1. The number of anilines is 1. The topological polar surface area (TPSA) is 72.7 Å². The molecule has 4 rings (SSSR count). The van der Waals surface area contributed by atoms with E-state index in [2.05, 4.69) is 20.4 Å². The molecule has 0 aliphatic rings. The lowest BCUT2D eigenvalue weighted by atomic mass is 10.1. The number of aromatic nitrogens is 4. The van der Waals surface area contributed by atoms with Gasteiger partial charge in [0, 0.05) is 28.1 Å². The predicted molar refractivity (Wildman–Crippen MR) is 112 cm³/mol. The van der Waals surface area contributed by atoms with Crippen molar-refractivity contribution >= 4 is 34.7 Å². The molecule has 0 spiro atoms. The molecule has 0 bridgehead atoms.